The summed E-state index contributed by atoms with van der Waals surface area (Å²) in [7, 11) is 0. The lowest BCUT2D eigenvalue weighted by molar-refractivity contribution is -0.136. The molecule has 6 nitrogen and oxygen atoms in total. The predicted molar refractivity (Wildman–Crippen MR) is 133 cm³/mol. The van der Waals surface area contributed by atoms with Crippen LogP contribution < -0.4 is 4.74 Å². The number of halogens is 2. The van der Waals surface area contributed by atoms with E-state index >= 15 is 0 Å². The molecule has 2 aromatic rings. The van der Waals surface area contributed by atoms with Crippen molar-refractivity contribution in [3.8, 4) is 5.75 Å². The van der Waals surface area contributed by atoms with Crippen molar-refractivity contribution in [3.05, 3.63) is 68.0 Å². The zero-order valence-electron chi connectivity index (χ0n) is 17.8. The van der Waals surface area contributed by atoms with E-state index in [1.165, 1.54) is 0 Å². The summed E-state index contributed by atoms with van der Waals surface area (Å²) in [6.07, 6.45) is 4.68. The van der Waals surface area contributed by atoms with E-state index in [4.69, 9.17) is 16.3 Å². The van der Waals surface area contributed by atoms with Gasteiger partial charge in [0.1, 0.15) is 18.9 Å². The number of ether oxygens (including phenoxy) is 1. The first-order chi connectivity index (χ1) is 15.9. The van der Waals surface area contributed by atoms with Crippen molar-refractivity contribution < 1.29 is 19.1 Å². The summed E-state index contributed by atoms with van der Waals surface area (Å²) < 4.78 is 6.58. The number of carbonyl (C=O) groups is 3. The Labute approximate surface area is 210 Å². The van der Waals surface area contributed by atoms with Gasteiger partial charge in [0.25, 0.3) is 11.1 Å². The van der Waals surface area contributed by atoms with Gasteiger partial charge < -0.3 is 9.64 Å². The van der Waals surface area contributed by atoms with Crippen molar-refractivity contribution in [3.63, 3.8) is 0 Å². The quantitative estimate of drug-likeness (QED) is 0.431. The summed E-state index contributed by atoms with van der Waals surface area (Å²) in [5.74, 6) is 0.0417. The van der Waals surface area contributed by atoms with E-state index in [-0.39, 0.29) is 12.5 Å². The highest BCUT2D eigenvalue weighted by atomic mass is 79.9. The maximum Gasteiger partial charge on any atom is 0.294 e. The molecule has 0 aromatic heterocycles. The largest absolute Gasteiger partial charge is 0.488 e. The minimum Gasteiger partial charge on any atom is -0.488 e. The maximum absolute atomic E-state index is 12.8. The summed E-state index contributed by atoms with van der Waals surface area (Å²) in [6, 6.07) is 12.9. The molecule has 2 aliphatic heterocycles. The molecule has 4 rings (SSSR count). The van der Waals surface area contributed by atoms with Crippen molar-refractivity contribution in [2.75, 3.05) is 19.6 Å². The summed E-state index contributed by atoms with van der Waals surface area (Å²) in [5, 5.41) is 0.253. The number of amides is 3. The van der Waals surface area contributed by atoms with Gasteiger partial charge in [-0.3, -0.25) is 19.3 Å². The first kappa shape index (κ1) is 23.9. The Balaban J connectivity index is 1.40. The van der Waals surface area contributed by atoms with Crippen LogP contribution in [0.15, 0.2) is 51.8 Å². The minimum absolute atomic E-state index is 0.178. The Bertz CT molecular complexity index is 1100. The van der Waals surface area contributed by atoms with Crippen LogP contribution in [0.3, 0.4) is 0 Å². The van der Waals surface area contributed by atoms with Crippen molar-refractivity contribution in [2.45, 2.75) is 25.9 Å². The van der Waals surface area contributed by atoms with Gasteiger partial charge in [-0.05, 0) is 88.4 Å². The Morgan fingerprint density at radius 3 is 2.52 bits per heavy atom. The lowest BCUT2D eigenvalue weighted by Crippen LogP contribution is -2.44. The molecule has 0 aliphatic carbocycles. The molecule has 9 heteroatoms. The van der Waals surface area contributed by atoms with E-state index < -0.39 is 11.1 Å². The van der Waals surface area contributed by atoms with Crippen LogP contribution in [0.5, 0.6) is 5.75 Å². The van der Waals surface area contributed by atoms with Gasteiger partial charge in [-0.15, -0.1) is 0 Å². The van der Waals surface area contributed by atoms with Crippen LogP contribution in [0, 0.1) is 0 Å². The van der Waals surface area contributed by atoms with E-state index in [9.17, 15) is 14.4 Å². The van der Waals surface area contributed by atoms with E-state index in [2.05, 4.69) is 15.9 Å². The van der Waals surface area contributed by atoms with Gasteiger partial charge in [-0.25, -0.2) is 0 Å². The van der Waals surface area contributed by atoms with Crippen LogP contribution in [-0.2, 0) is 16.2 Å². The van der Waals surface area contributed by atoms with Crippen LogP contribution in [0.1, 0.15) is 30.4 Å². The first-order valence-corrected chi connectivity index (χ1v) is 12.6. The number of carbonyl (C=O) groups excluding carboxylic acids is 3. The monoisotopic (exact) mass is 548 g/mol. The van der Waals surface area contributed by atoms with Crippen molar-refractivity contribution in [1.82, 2.24) is 9.80 Å². The maximum atomic E-state index is 12.8. The average Bonchev–Trinajstić information content (AvgIpc) is 3.07. The molecule has 2 saturated heterocycles. The summed E-state index contributed by atoms with van der Waals surface area (Å²) >= 11 is 10.3. The van der Waals surface area contributed by atoms with Gasteiger partial charge in [0.05, 0.1) is 9.38 Å². The van der Waals surface area contributed by atoms with Gasteiger partial charge in [-0.2, -0.15) is 0 Å². The number of rotatable bonds is 6. The minimum atomic E-state index is -0.436. The topological polar surface area (TPSA) is 66.9 Å². The summed E-state index contributed by atoms with van der Waals surface area (Å²) in [6.45, 7) is 1.55. The van der Waals surface area contributed by atoms with Gasteiger partial charge in [0.15, 0.2) is 0 Å². The third kappa shape index (κ3) is 5.99. The van der Waals surface area contributed by atoms with Gasteiger partial charge in [-0.1, -0.05) is 29.8 Å². The van der Waals surface area contributed by atoms with Crippen LogP contribution in [0.4, 0.5) is 4.79 Å². The molecule has 2 heterocycles. The molecule has 0 spiro atoms. The molecule has 0 unspecified atom stereocenters. The second-order valence-electron chi connectivity index (χ2n) is 7.81. The standard InChI is InChI=1S/C24H22BrClN2O4S/c25-19-12-17(6-9-20(19)32-15-16-4-7-18(26)8-5-16)13-21-23(30)28(24(31)33-21)14-22(29)27-10-2-1-3-11-27/h4-9,12-13H,1-3,10-11,14-15H2/b21-13+. The lowest BCUT2D eigenvalue weighted by atomic mass is 10.1. The Morgan fingerprint density at radius 1 is 1.09 bits per heavy atom. The lowest BCUT2D eigenvalue weighted by Gasteiger charge is -2.27. The highest BCUT2D eigenvalue weighted by Crippen LogP contribution is 2.34. The molecule has 33 heavy (non-hydrogen) atoms. The number of piperidine rings is 1. The van der Waals surface area contributed by atoms with Gasteiger partial charge in [0, 0.05) is 18.1 Å². The molecule has 2 aromatic carbocycles. The highest BCUT2D eigenvalue weighted by Gasteiger charge is 2.37. The fourth-order valence-electron chi connectivity index (χ4n) is 3.63. The van der Waals surface area contributed by atoms with Gasteiger partial charge >= 0.3 is 0 Å². The number of benzene rings is 2. The third-order valence-electron chi connectivity index (χ3n) is 5.44. The van der Waals surface area contributed by atoms with E-state index in [1.54, 1.807) is 17.0 Å². The number of nitrogens with zero attached hydrogens (tertiary/aromatic N) is 2. The Hall–Kier alpha value is -2.29. The van der Waals surface area contributed by atoms with E-state index in [0.29, 0.717) is 35.4 Å². The van der Waals surface area contributed by atoms with Crippen molar-refractivity contribution in [1.29, 1.82) is 0 Å². The molecule has 172 valence electrons. The predicted octanol–water partition coefficient (Wildman–Crippen LogP) is 5.73. The first-order valence-electron chi connectivity index (χ1n) is 10.6. The zero-order chi connectivity index (χ0) is 23.4. The van der Waals surface area contributed by atoms with Crippen LogP contribution in [-0.4, -0.2) is 46.5 Å². The Kier molecular flexibility index (Phi) is 7.78. The fraction of sp³-hybridized carbons (Fsp3) is 0.292. The fourth-order valence-corrected chi connectivity index (χ4v) is 5.11. The second kappa shape index (κ2) is 10.8. The SMILES string of the molecule is O=C(CN1C(=O)S/C(=C/c2ccc(OCc3ccc(Cl)cc3)c(Br)c2)C1=O)N1CCCCC1. The van der Waals surface area contributed by atoms with E-state index in [1.807, 2.05) is 36.4 Å². The number of hydrogen-bond acceptors (Lipinski definition) is 5. The number of hydrogen-bond donors (Lipinski definition) is 0. The molecule has 0 radical (unpaired) electrons. The molecule has 2 fully saturated rings. The summed E-state index contributed by atoms with van der Waals surface area (Å²) in [5.41, 5.74) is 1.73. The van der Waals surface area contributed by atoms with E-state index in [0.717, 1.165) is 51.5 Å². The molecule has 0 atom stereocenters. The number of likely N-dealkylation sites (tertiary alicyclic amines) is 1. The highest BCUT2D eigenvalue weighted by molar-refractivity contribution is 9.10. The van der Waals surface area contributed by atoms with Crippen LogP contribution in [0.2, 0.25) is 5.02 Å². The number of imide groups is 1. The average molecular weight is 550 g/mol. The zero-order valence-corrected chi connectivity index (χ0v) is 20.9. The second-order valence-corrected chi connectivity index (χ2v) is 10.1. The third-order valence-corrected chi connectivity index (χ3v) is 7.22. The smallest absolute Gasteiger partial charge is 0.294 e. The molecule has 2 aliphatic rings. The summed E-state index contributed by atoms with van der Waals surface area (Å²) in [4.78, 5) is 40.7. The Morgan fingerprint density at radius 2 is 1.82 bits per heavy atom. The molecule has 0 saturated carbocycles. The number of thioether (sulfide) groups is 1. The van der Waals surface area contributed by atoms with Crippen LogP contribution >= 0.6 is 39.3 Å². The van der Waals surface area contributed by atoms with Crippen molar-refractivity contribution in [2.24, 2.45) is 0 Å². The van der Waals surface area contributed by atoms with Crippen LogP contribution in [0.25, 0.3) is 6.08 Å². The van der Waals surface area contributed by atoms with Gasteiger partial charge in [0.2, 0.25) is 5.91 Å². The molecule has 0 N–H and O–H groups in total. The molecular formula is C24H22BrClN2O4S. The normalized spacial score (nSPS) is 17.7. The van der Waals surface area contributed by atoms with Crippen molar-refractivity contribution >= 4 is 62.4 Å². The molecule has 3 amide bonds. The molecule has 0 bridgehead atoms. The molecular weight excluding hydrogens is 528 g/mol.